The van der Waals surface area contributed by atoms with Crippen LogP contribution in [0.1, 0.15) is 38.5 Å². The molecule has 2 rings (SSSR count). The molecule has 1 aliphatic heterocycles. The van der Waals surface area contributed by atoms with Crippen LogP contribution in [-0.2, 0) is 0 Å². The van der Waals surface area contributed by atoms with Gasteiger partial charge in [0.2, 0.25) is 0 Å². The summed E-state index contributed by atoms with van der Waals surface area (Å²) < 4.78 is 0. The minimum atomic E-state index is 0.818. The Kier molecular flexibility index (Phi) is 3.82. The molecule has 0 aromatic rings. The maximum absolute atomic E-state index is 3.57. The van der Waals surface area contributed by atoms with Crippen LogP contribution in [0.2, 0.25) is 0 Å². The standard InChI is InChI=1S/C12H24N2/c1-14(10-11-4-2-5-11)9-7-12-6-3-8-13-12/h11-13H,2-10H2,1H3. The van der Waals surface area contributed by atoms with E-state index in [2.05, 4.69) is 17.3 Å². The maximum Gasteiger partial charge on any atom is 0.00797 e. The van der Waals surface area contributed by atoms with E-state index in [-0.39, 0.29) is 0 Å². The molecule has 1 unspecified atom stereocenters. The highest BCUT2D eigenvalue weighted by Crippen LogP contribution is 2.26. The van der Waals surface area contributed by atoms with Gasteiger partial charge in [0.25, 0.3) is 0 Å². The van der Waals surface area contributed by atoms with E-state index in [4.69, 9.17) is 0 Å². The summed E-state index contributed by atoms with van der Waals surface area (Å²) in [5, 5.41) is 3.57. The smallest absolute Gasteiger partial charge is 0.00797 e. The Labute approximate surface area is 88.1 Å². The highest BCUT2D eigenvalue weighted by molar-refractivity contribution is 4.77. The molecule has 1 heterocycles. The van der Waals surface area contributed by atoms with Gasteiger partial charge in [0.05, 0.1) is 0 Å². The molecule has 2 heteroatoms. The van der Waals surface area contributed by atoms with Gasteiger partial charge in [-0.1, -0.05) is 6.42 Å². The van der Waals surface area contributed by atoms with Crippen LogP contribution in [0.25, 0.3) is 0 Å². The first kappa shape index (κ1) is 10.4. The summed E-state index contributed by atoms with van der Waals surface area (Å²) in [4.78, 5) is 2.53. The van der Waals surface area contributed by atoms with Crippen LogP contribution in [0.3, 0.4) is 0 Å². The van der Waals surface area contributed by atoms with Crippen LogP contribution in [0.15, 0.2) is 0 Å². The second kappa shape index (κ2) is 5.13. The van der Waals surface area contributed by atoms with Gasteiger partial charge in [0.1, 0.15) is 0 Å². The lowest BCUT2D eigenvalue weighted by Crippen LogP contribution is -2.33. The largest absolute Gasteiger partial charge is 0.314 e. The Hall–Kier alpha value is -0.0800. The lowest BCUT2D eigenvalue weighted by atomic mass is 9.85. The first-order valence-electron chi connectivity index (χ1n) is 6.26. The van der Waals surface area contributed by atoms with E-state index in [1.165, 1.54) is 58.2 Å². The normalized spacial score (nSPS) is 28.3. The van der Waals surface area contributed by atoms with Crippen molar-refractivity contribution in [3.63, 3.8) is 0 Å². The van der Waals surface area contributed by atoms with Gasteiger partial charge in [0.15, 0.2) is 0 Å². The molecule has 0 radical (unpaired) electrons. The summed E-state index contributed by atoms with van der Waals surface area (Å²) in [6, 6.07) is 0.818. The molecule has 0 amide bonds. The summed E-state index contributed by atoms with van der Waals surface area (Å²) in [7, 11) is 2.28. The zero-order chi connectivity index (χ0) is 9.80. The lowest BCUT2D eigenvalue weighted by molar-refractivity contribution is 0.200. The SMILES string of the molecule is CN(CCC1CCCN1)CC1CCC1. The van der Waals surface area contributed by atoms with Gasteiger partial charge in [-0.2, -0.15) is 0 Å². The Balaban J connectivity index is 1.54. The number of hydrogen-bond acceptors (Lipinski definition) is 2. The molecular formula is C12H24N2. The average molecular weight is 196 g/mol. The number of hydrogen-bond donors (Lipinski definition) is 1. The Morgan fingerprint density at radius 1 is 1.21 bits per heavy atom. The van der Waals surface area contributed by atoms with E-state index < -0.39 is 0 Å². The molecule has 2 nitrogen and oxygen atoms in total. The quantitative estimate of drug-likeness (QED) is 0.722. The zero-order valence-electron chi connectivity index (χ0n) is 9.47. The van der Waals surface area contributed by atoms with Crippen LogP contribution in [0, 0.1) is 5.92 Å². The van der Waals surface area contributed by atoms with Gasteiger partial charge < -0.3 is 10.2 Å². The summed E-state index contributed by atoms with van der Waals surface area (Å²) in [5.74, 6) is 1.02. The van der Waals surface area contributed by atoms with Crippen LogP contribution in [-0.4, -0.2) is 37.6 Å². The van der Waals surface area contributed by atoms with Crippen molar-refractivity contribution in [2.45, 2.75) is 44.6 Å². The summed E-state index contributed by atoms with van der Waals surface area (Å²) in [6.07, 6.45) is 8.57. The van der Waals surface area contributed by atoms with Crippen LogP contribution < -0.4 is 5.32 Å². The molecule has 0 spiro atoms. The Morgan fingerprint density at radius 3 is 2.64 bits per heavy atom. The molecule has 2 fully saturated rings. The average Bonchev–Trinajstić information content (AvgIpc) is 2.60. The van der Waals surface area contributed by atoms with Gasteiger partial charge in [0, 0.05) is 12.6 Å². The van der Waals surface area contributed by atoms with Crippen LogP contribution in [0.4, 0.5) is 0 Å². The minimum absolute atomic E-state index is 0.818. The fourth-order valence-electron chi connectivity index (χ4n) is 2.59. The molecule has 1 atom stereocenters. The summed E-state index contributed by atoms with van der Waals surface area (Å²) >= 11 is 0. The van der Waals surface area contributed by atoms with Crippen molar-refractivity contribution in [1.82, 2.24) is 10.2 Å². The minimum Gasteiger partial charge on any atom is -0.314 e. The van der Waals surface area contributed by atoms with Gasteiger partial charge in [-0.15, -0.1) is 0 Å². The fourth-order valence-corrected chi connectivity index (χ4v) is 2.59. The molecule has 14 heavy (non-hydrogen) atoms. The predicted octanol–water partition coefficient (Wildman–Crippen LogP) is 1.86. The third-order valence-electron chi connectivity index (χ3n) is 3.82. The molecule has 2 aliphatic rings. The van der Waals surface area contributed by atoms with Crippen molar-refractivity contribution in [3.05, 3.63) is 0 Å². The second-order valence-electron chi connectivity index (χ2n) is 5.14. The molecular weight excluding hydrogens is 172 g/mol. The monoisotopic (exact) mass is 196 g/mol. The van der Waals surface area contributed by atoms with E-state index in [1.807, 2.05) is 0 Å². The van der Waals surface area contributed by atoms with E-state index in [0.717, 1.165) is 12.0 Å². The van der Waals surface area contributed by atoms with Crippen LogP contribution >= 0.6 is 0 Å². The Bertz CT molecular complexity index is 160. The van der Waals surface area contributed by atoms with Gasteiger partial charge in [-0.05, 0) is 58.2 Å². The molecule has 0 bridgehead atoms. The van der Waals surface area contributed by atoms with Crippen molar-refractivity contribution in [1.29, 1.82) is 0 Å². The van der Waals surface area contributed by atoms with Gasteiger partial charge in [-0.3, -0.25) is 0 Å². The summed E-state index contributed by atoms with van der Waals surface area (Å²) in [5.41, 5.74) is 0. The highest BCUT2D eigenvalue weighted by Gasteiger charge is 2.20. The maximum atomic E-state index is 3.57. The first-order chi connectivity index (χ1) is 6.84. The molecule has 1 N–H and O–H groups in total. The number of rotatable bonds is 5. The third-order valence-corrected chi connectivity index (χ3v) is 3.82. The fraction of sp³-hybridized carbons (Fsp3) is 1.00. The van der Waals surface area contributed by atoms with Gasteiger partial charge in [-0.25, -0.2) is 0 Å². The van der Waals surface area contributed by atoms with Crippen molar-refractivity contribution in [2.24, 2.45) is 5.92 Å². The number of nitrogens with zero attached hydrogens (tertiary/aromatic N) is 1. The van der Waals surface area contributed by atoms with Crippen molar-refractivity contribution in [3.8, 4) is 0 Å². The van der Waals surface area contributed by atoms with E-state index in [1.54, 1.807) is 0 Å². The topological polar surface area (TPSA) is 15.3 Å². The van der Waals surface area contributed by atoms with Crippen molar-refractivity contribution in [2.75, 3.05) is 26.7 Å². The summed E-state index contributed by atoms with van der Waals surface area (Å²) in [6.45, 7) is 3.87. The van der Waals surface area contributed by atoms with E-state index in [9.17, 15) is 0 Å². The molecule has 0 aromatic carbocycles. The third kappa shape index (κ3) is 2.96. The zero-order valence-corrected chi connectivity index (χ0v) is 9.47. The highest BCUT2D eigenvalue weighted by atomic mass is 15.1. The first-order valence-corrected chi connectivity index (χ1v) is 6.26. The molecule has 1 aliphatic carbocycles. The van der Waals surface area contributed by atoms with Crippen molar-refractivity contribution < 1.29 is 0 Å². The van der Waals surface area contributed by atoms with Crippen molar-refractivity contribution >= 4 is 0 Å². The predicted molar refractivity (Wildman–Crippen MR) is 60.5 cm³/mol. The molecule has 1 saturated carbocycles. The Morgan fingerprint density at radius 2 is 2.07 bits per heavy atom. The van der Waals surface area contributed by atoms with E-state index >= 15 is 0 Å². The van der Waals surface area contributed by atoms with Crippen LogP contribution in [0.5, 0.6) is 0 Å². The van der Waals surface area contributed by atoms with Gasteiger partial charge >= 0.3 is 0 Å². The second-order valence-corrected chi connectivity index (χ2v) is 5.14. The number of nitrogens with one attached hydrogen (secondary N) is 1. The molecule has 1 saturated heterocycles. The lowest BCUT2D eigenvalue weighted by Gasteiger charge is -2.30. The molecule has 0 aromatic heterocycles. The van der Waals surface area contributed by atoms with E-state index in [0.29, 0.717) is 0 Å². The molecule has 82 valence electrons.